The zero-order chi connectivity index (χ0) is 13.2. The third-order valence-corrected chi connectivity index (χ3v) is 2.94. The van der Waals surface area contributed by atoms with Gasteiger partial charge in [0.15, 0.2) is 0 Å². The first-order valence-electron chi connectivity index (χ1n) is 5.82. The predicted molar refractivity (Wildman–Crippen MR) is 72.2 cm³/mol. The average Bonchev–Trinajstić information content (AvgIpc) is 2.81. The van der Waals surface area contributed by atoms with Crippen molar-refractivity contribution < 1.29 is 0 Å². The van der Waals surface area contributed by atoms with Crippen molar-refractivity contribution in [3.8, 4) is 6.07 Å². The highest BCUT2D eigenvalue weighted by Crippen LogP contribution is 2.18. The number of fused-ring (bicyclic) bond motifs is 1. The van der Waals surface area contributed by atoms with Crippen LogP contribution in [0.1, 0.15) is 11.3 Å². The Kier molecular flexibility index (Phi) is 2.62. The second-order valence-electron chi connectivity index (χ2n) is 4.28. The van der Waals surface area contributed by atoms with Crippen molar-refractivity contribution in [2.24, 2.45) is 0 Å². The maximum absolute atomic E-state index is 8.84. The van der Waals surface area contributed by atoms with E-state index in [2.05, 4.69) is 10.1 Å². The summed E-state index contributed by atoms with van der Waals surface area (Å²) in [5.41, 5.74) is 8.88. The molecule has 5 heteroatoms. The van der Waals surface area contributed by atoms with Crippen LogP contribution in [0.5, 0.6) is 0 Å². The van der Waals surface area contributed by atoms with Gasteiger partial charge in [-0.05, 0) is 35.9 Å². The summed E-state index contributed by atoms with van der Waals surface area (Å²) in [4.78, 5) is 3.95. The van der Waals surface area contributed by atoms with E-state index in [0.717, 1.165) is 16.5 Å². The van der Waals surface area contributed by atoms with Gasteiger partial charge < -0.3 is 5.73 Å². The Balaban J connectivity index is 2.01. The van der Waals surface area contributed by atoms with Crippen molar-refractivity contribution >= 4 is 16.6 Å². The molecule has 3 aromatic rings. The zero-order valence-corrected chi connectivity index (χ0v) is 10.1. The number of hydrogen-bond acceptors (Lipinski definition) is 4. The molecule has 0 saturated carbocycles. The van der Waals surface area contributed by atoms with Crippen LogP contribution in [0.3, 0.4) is 0 Å². The molecular weight excluding hydrogens is 238 g/mol. The van der Waals surface area contributed by atoms with Crippen LogP contribution in [0.4, 0.5) is 5.69 Å². The highest BCUT2D eigenvalue weighted by atomic mass is 15.3. The fraction of sp³-hybridized carbons (Fsp3) is 0.0714. The van der Waals surface area contributed by atoms with Crippen LogP contribution in [0.15, 0.2) is 42.7 Å². The summed E-state index contributed by atoms with van der Waals surface area (Å²) < 4.78 is 1.86. The van der Waals surface area contributed by atoms with E-state index in [4.69, 9.17) is 11.0 Å². The van der Waals surface area contributed by atoms with Crippen molar-refractivity contribution in [2.75, 3.05) is 5.73 Å². The SMILES string of the molecule is N#Cc1cc(Cn2ncc3ccc(N)cc32)ccn1. The number of benzene rings is 1. The lowest BCUT2D eigenvalue weighted by molar-refractivity contribution is 0.711. The Morgan fingerprint density at radius 2 is 2.16 bits per heavy atom. The van der Waals surface area contributed by atoms with Crippen molar-refractivity contribution in [2.45, 2.75) is 6.54 Å². The fourth-order valence-electron chi connectivity index (χ4n) is 2.02. The standard InChI is InChI=1S/C14H11N5/c15-7-13-5-10(3-4-17-13)9-19-14-6-12(16)2-1-11(14)8-18-19/h1-6,8H,9,16H2. The molecule has 0 radical (unpaired) electrons. The van der Waals surface area contributed by atoms with Crippen molar-refractivity contribution in [1.82, 2.24) is 14.8 Å². The fourth-order valence-corrected chi connectivity index (χ4v) is 2.02. The summed E-state index contributed by atoms with van der Waals surface area (Å²) in [6, 6.07) is 11.4. The Hall–Kier alpha value is -2.87. The van der Waals surface area contributed by atoms with E-state index in [1.807, 2.05) is 35.0 Å². The van der Waals surface area contributed by atoms with Gasteiger partial charge in [0.2, 0.25) is 0 Å². The lowest BCUT2D eigenvalue weighted by Gasteiger charge is -2.04. The van der Waals surface area contributed by atoms with Gasteiger partial charge in [-0.25, -0.2) is 4.98 Å². The third kappa shape index (κ3) is 2.11. The summed E-state index contributed by atoms with van der Waals surface area (Å²) in [5.74, 6) is 0. The normalized spacial score (nSPS) is 10.5. The molecule has 0 fully saturated rings. The smallest absolute Gasteiger partial charge is 0.140 e. The molecule has 0 atom stereocenters. The molecular formula is C14H11N5. The number of nitrogen functional groups attached to an aromatic ring is 1. The first kappa shape index (κ1) is 11.2. The highest BCUT2D eigenvalue weighted by molar-refractivity contribution is 5.81. The molecule has 0 spiro atoms. The van der Waals surface area contributed by atoms with Crippen molar-refractivity contribution in [1.29, 1.82) is 5.26 Å². The first-order valence-corrected chi connectivity index (χ1v) is 5.82. The molecule has 0 amide bonds. The largest absolute Gasteiger partial charge is 0.399 e. The number of nitrogens with zero attached hydrogens (tertiary/aromatic N) is 4. The molecule has 0 aliphatic heterocycles. The average molecular weight is 249 g/mol. The lowest BCUT2D eigenvalue weighted by Crippen LogP contribution is -2.02. The first-order chi connectivity index (χ1) is 9.26. The third-order valence-electron chi connectivity index (χ3n) is 2.94. The lowest BCUT2D eigenvalue weighted by atomic mass is 10.2. The molecule has 3 rings (SSSR count). The summed E-state index contributed by atoms with van der Waals surface area (Å²) in [6.45, 7) is 0.587. The van der Waals surface area contributed by atoms with Gasteiger partial charge in [0, 0.05) is 17.3 Å². The van der Waals surface area contributed by atoms with Gasteiger partial charge in [0.25, 0.3) is 0 Å². The van der Waals surface area contributed by atoms with Crippen LogP contribution in [0.2, 0.25) is 0 Å². The van der Waals surface area contributed by atoms with Gasteiger partial charge >= 0.3 is 0 Å². The van der Waals surface area contributed by atoms with Crippen LogP contribution in [-0.4, -0.2) is 14.8 Å². The monoisotopic (exact) mass is 249 g/mol. The number of anilines is 1. The van der Waals surface area contributed by atoms with Crippen LogP contribution < -0.4 is 5.73 Å². The number of hydrogen-bond donors (Lipinski definition) is 1. The van der Waals surface area contributed by atoms with Gasteiger partial charge in [0.1, 0.15) is 11.8 Å². The Labute approximate surface area is 109 Å². The van der Waals surface area contributed by atoms with E-state index >= 15 is 0 Å². The molecule has 1 aromatic carbocycles. The minimum Gasteiger partial charge on any atom is -0.399 e. The van der Waals surface area contributed by atoms with Gasteiger partial charge in [-0.1, -0.05) is 0 Å². The summed E-state index contributed by atoms with van der Waals surface area (Å²) in [7, 11) is 0. The molecule has 2 heterocycles. The van der Waals surface area contributed by atoms with E-state index in [-0.39, 0.29) is 0 Å². The van der Waals surface area contributed by atoms with Gasteiger partial charge in [-0.15, -0.1) is 0 Å². The Bertz CT molecular complexity index is 782. The van der Waals surface area contributed by atoms with E-state index in [1.54, 1.807) is 18.5 Å². The Morgan fingerprint density at radius 1 is 1.26 bits per heavy atom. The molecule has 0 saturated heterocycles. The molecule has 92 valence electrons. The second-order valence-corrected chi connectivity index (χ2v) is 4.28. The van der Waals surface area contributed by atoms with Crippen LogP contribution in [-0.2, 0) is 6.54 Å². The topological polar surface area (TPSA) is 80.5 Å². The van der Waals surface area contributed by atoms with Gasteiger partial charge in [-0.3, -0.25) is 4.68 Å². The van der Waals surface area contributed by atoms with Crippen molar-refractivity contribution in [3.05, 3.63) is 54.0 Å². The van der Waals surface area contributed by atoms with Gasteiger partial charge in [0.05, 0.1) is 18.3 Å². The number of rotatable bonds is 2. The highest BCUT2D eigenvalue weighted by Gasteiger charge is 2.04. The zero-order valence-electron chi connectivity index (χ0n) is 10.1. The number of aromatic nitrogens is 3. The molecule has 2 N–H and O–H groups in total. The molecule has 0 bridgehead atoms. The minimum absolute atomic E-state index is 0.411. The molecule has 0 aliphatic carbocycles. The molecule has 2 aromatic heterocycles. The van der Waals surface area contributed by atoms with Crippen molar-refractivity contribution in [3.63, 3.8) is 0 Å². The molecule has 19 heavy (non-hydrogen) atoms. The quantitative estimate of drug-likeness (QED) is 0.704. The predicted octanol–water partition coefficient (Wildman–Crippen LogP) is 1.93. The van der Waals surface area contributed by atoms with Crippen LogP contribution in [0.25, 0.3) is 10.9 Å². The summed E-state index contributed by atoms with van der Waals surface area (Å²) >= 11 is 0. The Morgan fingerprint density at radius 3 is 3.00 bits per heavy atom. The van der Waals surface area contributed by atoms with Crippen LogP contribution in [0, 0.1) is 11.3 Å². The minimum atomic E-state index is 0.411. The summed E-state index contributed by atoms with van der Waals surface area (Å²) in [5, 5.41) is 14.2. The summed E-state index contributed by atoms with van der Waals surface area (Å²) in [6.07, 6.45) is 3.44. The second kappa shape index (κ2) is 4.42. The van der Waals surface area contributed by atoms with E-state index in [1.165, 1.54) is 0 Å². The van der Waals surface area contributed by atoms with Crippen LogP contribution >= 0.6 is 0 Å². The van der Waals surface area contributed by atoms with E-state index in [0.29, 0.717) is 17.9 Å². The molecule has 5 nitrogen and oxygen atoms in total. The number of nitrogens with two attached hydrogens (primary N) is 1. The maximum Gasteiger partial charge on any atom is 0.140 e. The maximum atomic E-state index is 8.84. The number of pyridine rings is 1. The number of nitriles is 1. The van der Waals surface area contributed by atoms with E-state index < -0.39 is 0 Å². The van der Waals surface area contributed by atoms with E-state index in [9.17, 15) is 0 Å². The molecule has 0 aliphatic rings. The van der Waals surface area contributed by atoms with Gasteiger partial charge in [-0.2, -0.15) is 10.4 Å². The molecule has 0 unspecified atom stereocenters.